The molecule has 0 aromatic heterocycles. The molecule has 2 aromatic rings. The van der Waals surface area contributed by atoms with E-state index in [1.807, 2.05) is 0 Å². The van der Waals surface area contributed by atoms with Gasteiger partial charge in [0.05, 0.1) is 7.11 Å². The molecule has 0 fully saturated rings. The monoisotopic (exact) mass is 419 g/mol. The molecule has 0 atom stereocenters. The van der Waals surface area contributed by atoms with Gasteiger partial charge in [-0.1, -0.05) is 30.3 Å². The Labute approximate surface area is 171 Å². The Hall–Kier alpha value is -3.75. The zero-order chi connectivity index (χ0) is 22.1. The lowest BCUT2D eigenvalue weighted by molar-refractivity contribution is -0.139. The fourth-order valence-electron chi connectivity index (χ4n) is 2.38. The Morgan fingerprint density at radius 1 is 1.07 bits per heavy atom. The highest BCUT2D eigenvalue weighted by Gasteiger charge is 2.18. The van der Waals surface area contributed by atoms with Gasteiger partial charge in [0.2, 0.25) is 5.91 Å². The van der Waals surface area contributed by atoms with Crippen molar-refractivity contribution in [1.82, 2.24) is 5.32 Å². The number of halogens is 2. The third-order valence-corrected chi connectivity index (χ3v) is 3.68. The van der Waals surface area contributed by atoms with Gasteiger partial charge in [-0.05, 0) is 29.8 Å². The van der Waals surface area contributed by atoms with E-state index in [-0.39, 0.29) is 22.8 Å². The maximum Gasteiger partial charge on any atom is 0.387 e. The summed E-state index contributed by atoms with van der Waals surface area (Å²) >= 11 is 0. The summed E-state index contributed by atoms with van der Waals surface area (Å²) in [5.41, 5.74) is 0.568. The number of alkyl halides is 2. The van der Waals surface area contributed by atoms with Gasteiger partial charge in [-0.2, -0.15) is 8.78 Å². The van der Waals surface area contributed by atoms with E-state index in [2.05, 4.69) is 10.1 Å². The van der Waals surface area contributed by atoms with Crippen LogP contribution in [0.4, 0.5) is 8.78 Å². The van der Waals surface area contributed by atoms with E-state index < -0.39 is 30.9 Å². The number of hydrogen-bond acceptors (Lipinski definition) is 6. The van der Waals surface area contributed by atoms with Gasteiger partial charge in [0, 0.05) is 12.5 Å². The minimum Gasteiger partial charge on any atom is -0.493 e. The van der Waals surface area contributed by atoms with E-state index in [0.717, 1.165) is 6.07 Å². The second-order valence-electron chi connectivity index (χ2n) is 5.89. The van der Waals surface area contributed by atoms with Gasteiger partial charge < -0.3 is 19.5 Å². The summed E-state index contributed by atoms with van der Waals surface area (Å²) in [7, 11) is 1.23. The molecule has 0 bridgehead atoms. The van der Waals surface area contributed by atoms with Crippen LogP contribution in [0.15, 0.2) is 54.2 Å². The predicted octanol–water partition coefficient (Wildman–Crippen LogP) is 3.20. The molecule has 0 saturated carbocycles. The lowest BCUT2D eigenvalue weighted by Gasteiger charge is -2.12. The summed E-state index contributed by atoms with van der Waals surface area (Å²) in [4.78, 5) is 36.0. The molecule has 9 heteroatoms. The van der Waals surface area contributed by atoms with Crippen molar-refractivity contribution in [3.63, 3.8) is 0 Å². The maximum atomic E-state index is 12.4. The van der Waals surface area contributed by atoms with E-state index in [1.165, 1.54) is 32.2 Å². The minimum absolute atomic E-state index is 0.0642. The number of carbonyl (C=O) groups is 3. The maximum absolute atomic E-state index is 12.4. The molecular formula is C21H19F2NO6. The Morgan fingerprint density at radius 3 is 2.37 bits per heavy atom. The number of methoxy groups -OCH3 is 1. The molecule has 1 N–H and O–H groups in total. The van der Waals surface area contributed by atoms with Crippen LogP contribution in [0.5, 0.6) is 11.5 Å². The van der Waals surface area contributed by atoms with Crippen LogP contribution < -0.4 is 14.8 Å². The number of ketones is 1. The van der Waals surface area contributed by atoms with Crippen molar-refractivity contribution in [3.8, 4) is 11.5 Å². The van der Waals surface area contributed by atoms with E-state index >= 15 is 0 Å². The molecule has 158 valence electrons. The fraction of sp³-hybridized carbons (Fsp3) is 0.190. The van der Waals surface area contributed by atoms with E-state index in [9.17, 15) is 23.2 Å². The van der Waals surface area contributed by atoms with Gasteiger partial charge in [-0.3, -0.25) is 9.59 Å². The first-order chi connectivity index (χ1) is 14.3. The van der Waals surface area contributed by atoms with Gasteiger partial charge >= 0.3 is 12.6 Å². The summed E-state index contributed by atoms with van der Waals surface area (Å²) in [5.74, 6) is -2.31. The average molecular weight is 419 g/mol. The van der Waals surface area contributed by atoms with E-state index in [0.29, 0.717) is 5.56 Å². The van der Waals surface area contributed by atoms with Crippen LogP contribution in [0.25, 0.3) is 6.08 Å². The van der Waals surface area contributed by atoms with Crippen molar-refractivity contribution in [2.24, 2.45) is 0 Å². The van der Waals surface area contributed by atoms with Crippen LogP contribution in [0.2, 0.25) is 0 Å². The van der Waals surface area contributed by atoms with Crippen LogP contribution in [0, 0.1) is 0 Å². The van der Waals surface area contributed by atoms with Gasteiger partial charge in [0.1, 0.15) is 5.70 Å². The Kier molecular flexibility index (Phi) is 8.04. The molecule has 7 nitrogen and oxygen atoms in total. The zero-order valence-electron chi connectivity index (χ0n) is 16.2. The number of carbonyl (C=O) groups excluding carboxylic acids is 3. The first-order valence-electron chi connectivity index (χ1n) is 8.67. The molecule has 0 aliphatic rings. The molecule has 2 rings (SSSR count). The molecule has 0 heterocycles. The number of rotatable bonds is 9. The smallest absolute Gasteiger partial charge is 0.387 e. The molecule has 0 unspecified atom stereocenters. The van der Waals surface area contributed by atoms with Crippen LogP contribution in [0.3, 0.4) is 0 Å². The number of nitrogens with one attached hydrogen (secondary N) is 1. The van der Waals surface area contributed by atoms with Crippen molar-refractivity contribution >= 4 is 23.7 Å². The molecule has 0 saturated heterocycles. The van der Waals surface area contributed by atoms with Crippen molar-refractivity contribution in [2.75, 3.05) is 13.7 Å². The fourth-order valence-corrected chi connectivity index (χ4v) is 2.38. The number of amides is 1. The first-order valence-corrected chi connectivity index (χ1v) is 8.67. The first kappa shape index (κ1) is 22.5. The number of hydrogen-bond donors (Lipinski definition) is 1. The molecular weight excluding hydrogens is 400 g/mol. The highest BCUT2D eigenvalue weighted by atomic mass is 19.3. The van der Waals surface area contributed by atoms with E-state index in [1.54, 1.807) is 30.3 Å². The summed E-state index contributed by atoms with van der Waals surface area (Å²) in [6, 6.07) is 12.3. The second kappa shape index (κ2) is 10.7. The second-order valence-corrected chi connectivity index (χ2v) is 5.89. The topological polar surface area (TPSA) is 90.9 Å². The third kappa shape index (κ3) is 6.69. The van der Waals surface area contributed by atoms with E-state index in [4.69, 9.17) is 9.47 Å². The normalized spacial score (nSPS) is 11.0. The standard InChI is InChI=1S/C21H19F2NO6/c1-13(25)24-16(10-14-6-4-3-5-7-14)20(27)29-12-17(26)15-8-9-18(30-21(22)23)19(11-15)28-2/h3-11,21H,12H2,1-2H3,(H,24,25)/b16-10+. The summed E-state index contributed by atoms with van der Waals surface area (Å²) < 4.78 is 39.0. The quantitative estimate of drug-likeness (QED) is 0.381. The summed E-state index contributed by atoms with van der Waals surface area (Å²) in [5, 5.41) is 2.36. The number of Topliss-reactive ketones (excluding diaryl/α,β-unsaturated/α-hetero) is 1. The van der Waals surface area contributed by atoms with Gasteiger partial charge in [0.25, 0.3) is 0 Å². The average Bonchev–Trinajstić information content (AvgIpc) is 2.71. The van der Waals surface area contributed by atoms with Crippen molar-refractivity contribution < 1.29 is 37.4 Å². The van der Waals surface area contributed by atoms with Gasteiger partial charge in [0.15, 0.2) is 23.9 Å². The Morgan fingerprint density at radius 2 is 1.77 bits per heavy atom. The Balaban J connectivity index is 2.10. The number of ether oxygens (including phenoxy) is 3. The summed E-state index contributed by atoms with van der Waals surface area (Å²) in [6.45, 7) is -2.46. The number of benzene rings is 2. The van der Waals surface area contributed by atoms with Crippen molar-refractivity contribution in [3.05, 3.63) is 65.4 Å². The van der Waals surface area contributed by atoms with Crippen LogP contribution >= 0.6 is 0 Å². The van der Waals surface area contributed by atoms with Crippen molar-refractivity contribution in [1.29, 1.82) is 0 Å². The van der Waals surface area contributed by atoms with Gasteiger partial charge in [-0.25, -0.2) is 4.79 Å². The largest absolute Gasteiger partial charge is 0.493 e. The molecule has 0 aliphatic carbocycles. The predicted molar refractivity (Wildman–Crippen MR) is 103 cm³/mol. The van der Waals surface area contributed by atoms with Gasteiger partial charge in [-0.15, -0.1) is 0 Å². The lowest BCUT2D eigenvalue weighted by Crippen LogP contribution is -2.27. The summed E-state index contributed by atoms with van der Waals surface area (Å²) in [6.07, 6.45) is 1.41. The minimum atomic E-state index is -3.05. The van der Waals surface area contributed by atoms with Crippen LogP contribution in [-0.2, 0) is 14.3 Å². The highest BCUT2D eigenvalue weighted by Crippen LogP contribution is 2.29. The lowest BCUT2D eigenvalue weighted by atomic mass is 10.1. The number of esters is 1. The van der Waals surface area contributed by atoms with Crippen molar-refractivity contribution in [2.45, 2.75) is 13.5 Å². The molecule has 0 spiro atoms. The molecule has 2 aromatic carbocycles. The third-order valence-electron chi connectivity index (χ3n) is 3.68. The molecule has 0 radical (unpaired) electrons. The van der Waals surface area contributed by atoms with Crippen LogP contribution in [0.1, 0.15) is 22.8 Å². The highest BCUT2D eigenvalue weighted by molar-refractivity contribution is 6.01. The van der Waals surface area contributed by atoms with Crippen LogP contribution in [-0.4, -0.2) is 38.0 Å². The zero-order valence-corrected chi connectivity index (χ0v) is 16.2. The Bertz CT molecular complexity index is 944. The molecule has 30 heavy (non-hydrogen) atoms. The molecule has 0 aliphatic heterocycles. The SMILES string of the molecule is COc1cc(C(=O)COC(=O)/C(=C\c2ccccc2)NC(C)=O)ccc1OC(F)F. The molecule has 1 amide bonds.